The van der Waals surface area contributed by atoms with E-state index < -0.39 is 12.1 Å². The van der Waals surface area contributed by atoms with Gasteiger partial charge >= 0.3 is 6.09 Å². The van der Waals surface area contributed by atoms with Crippen molar-refractivity contribution in [2.75, 3.05) is 14.2 Å². The summed E-state index contributed by atoms with van der Waals surface area (Å²) in [7, 11) is 2.79. The Bertz CT molecular complexity index is 669. The molecule has 21 heavy (non-hydrogen) atoms. The topological polar surface area (TPSA) is 83.2 Å². The molecule has 0 radical (unpaired) electrons. The predicted molar refractivity (Wildman–Crippen MR) is 83.1 cm³/mol. The molecule has 0 bridgehead atoms. The number of aromatic nitrogens is 1. The largest absolute Gasteiger partial charge is 0.453 e. The Balaban J connectivity index is 2.28. The predicted octanol–water partition coefficient (Wildman–Crippen LogP) is 1.94. The van der Waals surface area contributed by atoms with Crippen molar-refractivity contribution in [1.82, 2.24) is 15.6 Å². The van der Waals surface area contributed by atoms with E-state index >= 15 is 0 Å². The number of nitrogens with one attached hydrogen (secondary N) is 3. The first-order chi connectivity index (χ1) is 10.1. The summed E-state index contributed by atoms with van der Waals surface area (Å²) in [5.41, 5.74) is 1.90. The number of rotatable bonds is 4. The van der Waals surface area contributed by atoms with Crippen molar-refractivity contribution in [1.29, 1.82) is 0 Å². The number of methoxy groups -OCH3 is 1. The third-order valence-electron chi connectivity index (χ3n) is 3.21. The molecule has 7 heteroatoms. The minimum atomic E-state index is -0.694. The second-order valence-electron chi connectivity index (χ2n) is 4.48. The first-order valence-corrected chi connectivity index (χ1v) is 7.16. The number of aromatic amines is 1. The molecule has 6 nitrogen and oxygen atoms in total. The third-order valence-corrected chi connectivity index (χ3v) is 3.88. The molecular weight excluding hydrogens is 338 g/mol. The van der Waals surface area contributed by atoms with Crippen LogP contribution < -0.4 is 10.6 Å². The fraction of sp³-hybridized carbons (Fsp3) is 0.286. The second-order valence-corrected chi connectivity index (χ2v) is 5.34. The fourth-order valence-corrected chi connectivity index (χ4v) is 2.63. The number of carbonyl (C=O) groups is 2. The first-order valence-electron chi connectivity index (χ1n) is 6.37. The van der Waals surface area contributed by atoms with Gasteiger partial charge in [-0.1, -0.05) is 12.1 Å². The van der Waals surface area contributed by atoms with E-state index in [1.165, 1.54) is 14.2 Å². The monoisotopic (exact) mass is 353 g/mol. The van der Waals surface area contributed by atoms with Crippen LogP contribution >= 0.6 is 15.9 Å². The molecule has 0 aliphatic heterocycles. The number of likely N-dealkylation sites (N-methyl/N-ethyl adjacent to an activating group) is 1. The zero-order valence-electron chi connectivity index (χ0n) is 11.7. The van der Waals surface area contributed by atoms with Crippen LogP contribution in [0.25, 0.3) is 10.9 Å². The van der Waals surface area contributed by atoms with Crippen LogP contribution in [0, 0.1) is 0 Å². The standard InChI is InChI=1S/C14H16BrN3O3/c1-16-13(19)11(18-14(20)21-2)6-8-7-17-12-9(8)4-3-5-10(12)15/h3-5,7,11,17H,6H2,1-2H3,(H,16,19)(H,18,20)/t11-/m0/s1. The van der Waals surface area contributed by atoms with E-state index in [2.05, 4.69) is 36.3 Å². The number of carbonyl (C=O) groups excluding carboxylic acids is 2. The molecule has 0 saturated heterocycles. The number of hydrogen-bond acceptors (Lipinski definition) is 3. The smallest absolute Gasteiger partial charge is 0.407 e. The molecule has 1 atom stereocenters. The van der Waals surface area contributed by atoms with Gasteiger partial charge in [-0.3, -0.25) is 4.79 Å². The molecule has 2 rings (SSSR count). The lowest BCUT2D eigenvalue weighted by atomic mass is 10.0. The number of fused-ring (bicyclic) bond motifs is 1. The maximum absolute atomic E-state index is 11.9. The van der Waals surface area contributed by atoms with E-state index in [0.29, 0.717) is 6.42 Å². The number of H-pyrrole nitrogens is 1. The van der Waals surface area contributed by atoms with Crippen molar-refractivity contribution < 1.29 is 14.3 Å². The maximum atomic E-state index is 11.9. The fourth-order valence-electron chi connectivity index (χ4n) is 2.15. The van der Waals surface area contributed by atoms with E-state index in [1.807, 2.05) is 24.4 Å². The number of amides is 2. The van der Waals surface area contributed by atoms with Crippen LogP contribution in [0.1, 0.15) is 5.56 Å². The van der Waals surface area contributed by atoms with Gasteiger partial charge in [0.05, 0.1) is 12.6 Å². The molecule has 0 unspecified atom stereocenters. The minimum absolute atomic E-state index is 0.273. The van der Waals surface area contributed by atoms with Crippen LogP contribution in [0.3, 0.4) is 0 Å². The van der Waals surface area contributed by atoms with Crippen molar-refractivity contribution >= 4 is 38.8 Å². The quantitative estimate of drug-likeness (QED) is 0.785. The van der Waals surface area contributed by atoms with Crippen LogP contribution in [-0.4, -0.2) is 37.2 Å². The number of benzene rings is 1. The lowest BCUT2D eigenvalue weighted by Crippen LogP contribution is -2.46. The molecule has 0 spiro atoms. The molecule has 1 heterocycles. The van der Waals surface area contributed by atoms with Crippen molar-refractivity contribution in [2.45, 2.75) is 12.5 Å². The summed E-state index contributed by atoms with van der Waals surface area (Å²) >= 11 is 3.47. The van der Waals surface area contributed by atoms with Crippen molar-refractivity contribution in [3.63, 3.8) is 0 Å². The van der Waals surface area contributed by atoms with E-state index in [9.17, 15) is 9.59 Å². The van der Waals surface area contributed by atoms with Gasteiger partial charge < -0.3 is 20.4 Å². The number of para-hydroxylation sites is 1. The number of alkyl carbamates (subject to hydrolysis) is 1. The average molecular weight is 354 g/mol. The maximum Gasteiger partial charge on any atom is 0.407 e. The Morgan fingerprint density at radius 2 is 2.19 bits per heavy atom. The molecule has 112 valence electrons. The second kappa shape index (κ2) is 6.62. The van der Waals surface area contributed by atoms with E-state index in [4.69, 9.17) is 0 Å². The van der Waals surface area contributed by atoms with Gasteiger partial charge in [-0.15, -0.1) is 0 Å². The summed E-state index contributed by atoms with van der Waals surface area (Å²) in [6.45, 7) is 0. The van der Waals surface area contributed by atoms with Gasteiger partial charge in [0.2, 0.25) is 5.91 Å². The highest BCUT2D eigenvalue weighted by atomic mass is 79.9. The molecule has 0 fully saturated rings. The van der Waals surface area contributed by atoms with Gasteiger partial charge in [0.25, 0.3) is 0 Å². The Morgan fingerprint density at radius 1 is 1.43 bits per heavy atom. The Morgan fingerprint density at radius 3 is 2.86 bits per heavy atom. The van der Waals surface area contributed by atoms with Gasteiger partial charge in [0.15, 0.2) is 0 Å². The van der Waals surface area contributed by atoms with Crippen LogP contribution in [-0.2, 0) is 16.0 Å². The lowest BCUT2D eigenvalue weighted by Gasteiger charge is -2.16. The highest BCUT2D eigenvalue weighted by Gasteiger charge is 2.22. The van der Waals surface area contributed by atoms with Crippen LogP contribution in [0.5, 0.6) is 0 Å². The lowest BCUT2D eigenvalue weighted by molar-refractivity contribution is -0.122. The molecule has 0 aliphatic carbocycles. The van der Waals surface area contributed by atoms with Crippen LogP contribution in [0.15, 0.2) is 28.9 Å². The summed E-state index contributed by atoms with van der Waals surface area (Å²) in [5.74, 6) is -0.273. The summed E-state index contributed by atoms with van der Waals surface area (Å²) in [6, 6.07) is 5.13. The van der Waals surface area contributed by atoms with Crippen molar-refractivity contribution in [3.05, 3.63) is 34.4 Å². The van der Waals surface area contributed by atoms with E-state index in [0.717, 1.165) is 20.9 Å². The number of hydrogen-bond donors (Lipinski definition) is 3. The average Bonchev–Trinajstić information content (AvgIpc) is 2.90. The molecule has 0 saturated carbocycles. The molecule has 1 aromatic carbocycles. The van der Waals surface area contributed by atoms with E-state index in [-0.39, 0.29) is 5.91 Å². The summed E-state index contributed by atoms with van der Waals surface area (Å²) < 4.78 is 5.50. The zero-order chi connectivity index (χ0) is 15.4. The van der Waals surface area contributed by atoms with Crippen LogP contribution in [0.2, 0.25) is 0 Å². The molecule has 3 N–H and O–H groups in total. The molecule has 2 amide bonds. The van der Waals surface area contributed by atoms with Gasteiger partial charge in [0.1, 0.15) is 6.04 Å². The molecule has 1 aromatic heterocycles. The Kier molecular flexibility index (Phi) is 4.85. The van der Waals surface area contributed by atoms with E-state index in [1.54, 1.807) is 0 Å². The Hall–Kier alpha value is -2.02. The Labute approximate surface area is 130 Å². The molecule has 2 aromatic rings. The molecular formula is C14H16BrN3O3. The van der Waals surface area contributed by atoms with Crippen molar-refractivity contribution in [3.8, 4) is 0 Å². The van der Waals surface area contributed by atoms with Crippen LogP contribution in [0.4, 0.5) is 4.79 Å². The normalized spacial score (nSPS) is 12.0. The SMILES string of the molecule is CNC(=O)[C@H](Cc1c[nH]c2c(Br)cccc12)NC(=O)OC. The highest BCUT2D eigenvalue weighted by molar-refractivity contribution is 9.10. The molecule has 0 aliphatic rings. The summed E-state index contributed by atoms with van der Waals surface area (Å²) in [5, 5.41) is 6.08. The van der Waals surface area contributed by atoms with Gasteiger partial charge in [-0.05, 0) is 27.6 Å². The zero-order valence-corrected chi connectivity index (χ0v) is 13.3. The van der Waals surface area contributed by atoms with Gasteiger partial charge in [0, 0.05) is 29.5 Å². The van der Waals surface area contributed by atoms with Gasteiger partial charge in [-0.2, -0.15) is 0 Å². The number of ether oxygens (including phenoxy) is 1. The highest BCUT2D eigenvalue weighted by Crippen LogP contribution is 2.26. The summed E-state index contributed by atoms with van der Waals surface area (Å²) in [4.78, 5) is 26.4. The minimum Gasteiger partial charge on any atom is -0.453 e. The van der Waals surface area contributed by atoms with Gasteiger partial charge in [-0.25, -0.2) is 4.79 Å². The third kappa shape index (κ3) is 3.36. The number of halogens is 1. The first kappa shape index (κ1) is 15.4. The van der Waals surface area contributed by atoms with Crippen molar-refractivity contribution in [2.24, 2.45) is 0 Å². The summed E-state index contributed by atoms with van der Waals surface area (Å²) in [6.07, 6.45) is 1.57.